The molecule has 0 amide bonds. The van der Waals surface area contributed by atoms with Crippen LogP contribution in [0, 0.1) is 30.1 Å². The van der Waals surface area contributed by atoms with Gasteiger partial charge in [-0.1, -0.05) is 55.7 Å². The number of hydrogen-bond donors (Lipinski definition) is 0. The molecule has 0 radical (unpaired) electrons. The van der Waals surface area contributed by atoms with Crippen LogP contribution in [0.25, 0.3) is 44.3 Å². The van der Waals surface area contributed by atoms with Crippen molar-refractivity contribution in [3.8, 4) is 28.5 Å². The highest BCUT2D eigenvalue weighted by atomic mass is 16.3. The molecule has 2 aromatic heterocycles. The van der Waals surface area contributed by atoms with Crippen molar-refractivity contribution in [3.05, 3.63) is 89.6 Å². The maximum absolute atomic E-state index is 10.3. The van der Waals surface area contributed by atoms with Gasteiger partial charge in [0.2, 0.25) is 5.69 Å². The van der Waals surface area contributed by atoms with E-state index < -0.39 is 0 Å². The van der Waals surface area contributed by atoms with Gasteiger partial charge in [-0.25, -0.2) is 4.57 Å². The van der Waals surface area contributed by atoms with Gasteiger partial charge < -0.3 is 4.42 Å². The largest absolute Gasteiger partial charge is 0.454 e. The van der Waals surface area contributed by atoms with Crippen LogP contribution in [-0.4, -0.2) is 0 Å². The summed E-state index contributed by atoms with van der Waals surface area (Å²) < 4.78 is 8.99. The van der Waals surface area contributed by atoms with Crippen molar-refractivity contribution in [3.63, 3.8) is 0 Å². The highest BCUT2D eigenvalue weighted by molar-refractivity contribution is 6.14. The third-order valence-corrected chi connectivity index (χ3v) is 9.41. The van der Waals surface area contributed by atoms with Crippen molar-refractivity contribution < 1.29 is 8.98 Å². The summed E-state index contributed by atoms with van der Waals surface area (Å²) in [7, 11) is 2.07. The first kappa shape index (κ1) is 23.2. The number of hydrogen-bond acceptors (Lipinski definition) is 2. The topological polar surface area (TPSA) is 40.8 Å². The molecule has 2 aliphatic rings. The van der Waals surface area contributed by atoms with Gasteiger partial charge in [0.25, 0.3) is 0 Å². The SMILES string of the molecule is Cc1ccc2c(oc3c(-c4ccccc4C4CCC5CCCC5C4)c(C#N)ccc32)c1-c1cccc[n+]1C. The Hall–Kier alpha value is -3.90. The summed E-state index contributed by atoms with van der Waals surface area (Å²) in [5.74, 6) is 2.32. The zero-order chi connectivity index (χ0) is 25.8. The highest BCUT2D eigenvalue weighted by Gasteiger charge is 2.35. The van der Waals surface area contributed by atoms with E-state index in [-0.39, 0.29) is 0 Å². The van der Waals surface area contributed by atoms with Gasteiger partial charge in [0.05, 0.1) is 17.2 Å². The molecule has 0 bridgehead atoms. The molecule has 3 aromatic carbocycles. The number of fused-ring (bicyclic) bond motifs is 4. The second-order valence-electron chi connectivity index (χ2n) is 11.5. The van der Waals surface area contributed by atoms with E-state index in [9.17, 15) is 5.26 Å². The molecule has 0 N–H and O–H groups in total. The molecular formula is C35H33N2O+. The minimum atomic E-state index is 0.540. The second-order valence-corrected chi connectivity index (χ2v) is 11.5. The molecule has 3 heteroatoms. The third kappa shape index (κ3) is 3.58. The van der Waals surface area contributed by atoms with E-state index in [0.717, 1.165) is 50.6 Å². The van der Waals surface area contributed by atoms with Gasteiger partial charge in [-0.3, -0.25) is 0 Å². The lowest BCUT2D eigenvalue weighted by Gasteiger charge is -2.33. The fourth-order valence-corrected chi connectivity index (χ4v) is 7.53. The van der Waals surface area contributed by atoms with Crippen LogP contribution in [0.5, 0.6) is 0 Å². The van der Waals surface area contributed by atoms with E-state index >= 15 is 0 Å². The van der Waals surface area contributed by atoms with Gasteiger partial charge in [-0.05, 0) is 78.8 Å². The standard InChI is InChI=1S/C35H33N2O/c1-22-13-17-29-30-18-16-26(21-36)33(35(30)38-34(29)32(22)31-12-5-6-19-37(31)2)28-11-4-3-10-27(28)25-15-14-23-8-7-9-24(23)20-25/h3-6,10-13,16-19,23-25H,7-9,14-15,20H2,1-2H3/q+1. The number of furan rings is 1. The molecular weight excluding hydrogens is 464 g/mol. The molecule has 2 fully saturated rings. The Balaban J connectivity index is 1.47. The van der Waals surface area contributed by atoms with E-state index in [4.69, 9.17) is 4.42 Å². The molecule has 5 aromatic rings. The number of rotatable bonds is 3. The molecule has 3 unspecified atom stereocenters. The van der Waals surface area contributed by atoms with Crippen LogP contribution in [0.2, 0.25) is 0 Å². The smallest absolute Gasteiger partial charge is 0.216 e. The Bertz CT molecular complexity index is 1740. The van der Waals surface area contributed by atoms with Gasteiger partial charge in [0, 0.05) is 28.5 Å². The lowest BCUT2D eigenvalue weighted by atomic mass is 9.72. The minimum Gasteiger partial charge on any atom is -0.454 e. The normalized spacial score (nSPS) is 21.0. The molecule has 0 aliphatic heterocycles. The minimum absolute atomic E-state index is 0.540. The first-order chi connectivity index (χ1) is 18.6. The van der Waals surface area contributed by atoms with Crippen LogP contribution in [0.4, 0.5) is 0 Å². The van der Waals surface area contributed by atoms with E-state index in [2.05, 4.69) is 85.4 Å². The van der Waals surface area contributed by atoms with Crippen LogP contribution in [0.15, 0.2) is 77.3 Å². The zero-order valence-electron chi connectivity index (χ0n) is 22.2. The van der Waals surface area contributed by atoms with Gasteiger partial charge in [0.15, 0.2) is 6.20 Å². The van der Waals surface area contributed by atoms with Crippen molar-refractivity contribution in [1.82, 2.24) is 0 Å². The Morgan fingerprint density at radius 2 is 1.58 bits per heavy atom. The second kappa shape index (κ2) is 9.14. The Kier molecular flexibility index (Phi) is 5.59. The van der Waals surface area contributed by atoms with Crippen LogP contribution in [-0.2, 0) is 7.05 Å². The summed E-state index contributed by atoms with van der Waals surface area (Å²) in [5.41, 5.74) is 9.30. The van der Waals surface area contributed by atoms with Crippen molar-refractivity contribution in [2.75, 3.05) is 0 Å². The van der Waals surface area contributed by atoms with Gasteiger partial charge in [-0.2, -0.15) is 5.26 Å². The van der Waals surface area contributed by atoms with E-state index in [0.29, 0.717) is 11.5 Å². The molecule has 38 heavy (non-hydrogen) atoms. The van der Waals surface area contributed by atoms with Gasteiger partial charge >= 0.3 is 0 Å². The summed E-state index contributed by atoms with van der Waals surface area (Å²) in [4.78, 5) is 0. The quantitative estimate of drug-likeness (QED) is 0.234. The first-order valence-corrected chi connectivity index (χ1v) is 14.1. The number of aryl methyl sites for hydroxylation is 2. The third-order valence-electron chi connectivity index (χ3n) is 9.41. The summed E-state index contributed by atoms with van der Waals surface area (Å²) in [6, 6.07) is 26.0. The van der Waals surface area contributed by atoms with Gasteiger partial charge in [-0.15, -0.1) is 0 Å². The molecule has 2 aliphatic carbocycles. The molecule has 0 saturated heterocycles. The molecule has 2 heterocycles. The van der Waals surface area contributed by atoms with Crippen LogP contribution in [0.3, 0.4) is 0 Å². The van der Waals surface area contributed by atoms with Crippen LogP contribution >= 0.6 is 0 Å². The number of benzene rings is 3. The number of nitrogens with zero attached hydrogens (tertiary/aromatic N) is 2. The molecule has 7 rings (SSSR count). The fraction of sp³-hybridized carbons (Fsp3) is 0.314. The summed E-state index contributed by atoms with van der Waals surface area (Å²) in [6.07, 6.45) is 10.1. The van der Waals surface area contributed by atoms with Crippen LogP contribution in [0.1, 0.15) is 61.1 Å². The molecule has 2 saturated carbocycles. The van der Waals surface area contributed by atoms with Crippen molar-refractivity contribution in [1.29, 1.82) is 5.26 Å². The van der Waals surface area contributed by atoms with Crippen molar-refractivity contribution >= 4 is 21.9 Å². The maximum Gasteiger partial charge on any atom is 0.216 e. The predicted octanol–water partition coefficient (Wildman–Crippen LogP) is 8.61. The maximum atomic E-state index is 10.3. The molecule has 188 valence electrons. The lowest BCUT2D eigenvalue weighted by Crippen LogP contribution is -2.30. The average molecular weight is 498 g/mol. The summed E-state index contributed by atoms with van der Waals surface area (Å²) in [6.45, 7) is 2.14. The van der Waals surface area contributed by atoms with Gasteiger partial charge in [0.1, 0.15) is 18.2 Å². The van der Waals surface area contributed by atoms with Crippen molar-refractivity contribution in [2.45, 2.75) is 51.4 Å². The molecule has 3 atom stereocenters. The first-order valence-electron chi connectivity index (χ1n) is 14.1. The average Bonchev–Trinajstić information content (AvgIpc) is 3.57. The Morgan fingerprint density at radius 3 is 2.42 bits per heavy atom. The summed E-state index contributed by atoms with van der Waals surface area (Å²) >= 11 is 0. The number of pyridine rings is 1. The number of nitriles is 1. The number of aromatic nitrogens is 1. The lowest BCUT2D eigenvalue weighted by molar-refractivity contribution is -0.660. The predicted molar refractivity (Wildman–Crippen MR) is 153 cm³/mol. The highest BCUT2D eigenvalue weighted by Crippen LogP contribution is 2.50. The van der Waals surface area contributed by atoms with E-state index in [1.54, 1.807) is 0 Å². The summed E-state index contributed by atoms with van der Waals surface area (Å²) in [5, 5.41) is 12.4. The zero-order valence-corrected chi connectivity index (χ0v) is 22.2. The Labute approximate surface area is 224 Å². The monoisotopic (exact) mass is 497 g/mol. The van der Waals surface area contributed by atoms with E-state index in [1.165, 1.54) is 55.2 Å². The van der Waals surface area contributed by atoms with E-state index in [1.807, 2.05) is 12.1 Å². The molecule has 0 spiro atoms. The molecule has 3 nitrogen and oxygen atoms in total. The fourth-order valence-electron chi connectivity index (χ4n) is 7.53. The van der Waals surface area contributed by atoms with Crippen molar-refractivity contribution in [2.24, 2.45) is 18.9 Å². The van der Waals surface area contributed by atoms with Crippen LogP contribution < -0.4 is 4.57 Å². The Morgan fingerprint density at radius 1 is 0.816 bits per heavy atom.